The molecule has 1 fully saturated rings. The molecule has 20 heavy (non-hydrogen) atoms. The lowest BCUT2D eigenvalue weighted by atomic mass is 9.97. The second kappa shape index (κ2) is 8.39. The lowest BCUT2D eigenvalue weighted by Gasteiger charge is -2.31. The Morgan fingerprint density at radius 3 is 3.15 bits per heavy atom. The van der Waals surface area contributed by atoms with Crippen LogP contribution in [0, 0.1) is 0 Å². The van der Waals surface area contributed by atoms with Gasteiger partial charge in [0.15, 0.2) is 0 Å². The average molecular weight is 282 g/mol. The summed E-state index contributed by atoms with van der Waals surface area (Å²) >= 11 is 0. The van der Waals surface area contributed by atoms with E-state index >= 15 is 0 Å². The molecule has 2 rings (SSSR count). The monoisotopic (exact) mass is 282 g/mol. The van der Waals surface area contributed by atoms with Crippen LogP contribution in [-0.2, 0) is 9.53 Å². The van der Waals surface area contributed by atoms with E-state index in [2.05, 4.69) is 11.4 Å². The molecule has 1 aliphatic heterocycles. The molecule has 1 amide bonds. The molecule has 5 nitrogen and oxygen atoms in total. The first-order valence-electron chi connectivity index (χ1n) is 7.67. The highest BCUT2D eigenvalue weighted by Gasteiger charge is 2.21. The summed E-state index contributed by atoms with van der Waals surface area (Å²) in [6.07, 6.45) is 8.13. The third kappa shape index (κ3) is 5.23. The maximum atomic E-state index is 11.9. The molecule has 5 heteroatoms. The van der Waals surface area contributed by atoms with Gasteiger partial charge in [-0.1, -0.05) is 11.6 Å². The van der Waals surface area contributed by atoms with Crippen LogP contribution in [0.15, 0.2) is 11.6 Å². The Labute approximate surface area is 121 Å². The number of aliphatic hydroxyl groups is 1. The zero-order chi connectivity index (χ0) is 14.2. The number of nitrogens with zero attached hydrogens (tertiary/aromatic N) is 1. The van der Waals surface area contributed by atoms with Crippen molar-refractivity contribution in [2.24, 2.45) is 0 Å². The molecule has 0 radical (unpaired) electrons. The summed E-state index contributed by atoms with van der Waals surface area (Å²) in [7, 11) is 0. The number of hydrogen-bond acceptors (Lipinski definition) is 4. The van der Waals surface area contributed by atoms with Gasteiger partial charge in [0.1, 0.15) is 0 Å². The molecule has 1 heterocycles. The summed E-state index contributed by atoms with van der Waals surface area (Å²) in [4.78, 5) is 13.9. The van der Waals surface area contributed by atoms with Crippen molar-refractivity contribution in [1.29, 1.82) is 0 Å². The number of amides is 1. The number of ether oxygens (including phenoxy) is 1. The molecule has 0 spiro atoms. The molecule has 2 N–H and O–H groups in total. The van der Waals surface area contributed by atoms with Gasteiger partial charge in [-0.05, 0) is 32.1 Å². The number of nitrogens with one attached hydrogen (secondary N) is 1. The Hall–Kier alpha value is -0.910. The molecule has 0 bridgehead atoms. The van der Waals surface area contributed by atoms with Crippen LogP contribution in [0.5, 0.6) is 0 Å². The van der Waals surface area contributed by atoms with Gasteiger partial charge in [-0.25, -0.2) is 0 Å². The van der Waals surface area contributed by atoms with Crippen molar-refractivity contribution in [1.82, 2.24) is 10.2 Å². The second-order valence-corrected chi connectivity index (χ2v) is 5.62. The van der Waals surface area contributed by atoms with Crippen LogP contribution in [0.1, 0.15) is 32.1 Å². The lowest BCUT2D eigenvalue weighted by Crippen LogP contribution is -2.48. The minimum Gasteiger partial charge on any atom is -0.394 e. The quantitative estimate of drug-likeness (QED) is 0.704. The van der Waals surface area contributed by atoms with Gasteiger partial charge in [-0.3, -0.25) is 9.69 Å². The molecular formula is C15H26N2O3. The smallest absolute Gasteiger partial charge is 0.234 e. The van der Waals surface area contributed by atoms with Crippen LogP contribution in [0.2, 0.25) is 0 Å². The van der Waals surface area contributed by atoms with Gasteiger partial charge in [-0.15, -0.1) is 0 Å². The van der Waals surface area contributed by atoms with E-state index in [0.29, 0.717) is 19.7 Å². The van der Waals surface area contributed by atoms with Crippen molar-refractivity contribution in [3.05, 3.63) is 11.6 Å². The van der Waals surface area contributed by atoms with Crippen molar-refractivity contribution < 1.29 is 14.6 Å². The van der Waals surface area contributed by atoms with Gasteiger partial charge in [0.05, 0.1) is 25.9 Å². The molecule has 0 saturated carbocycles. The van der Waals surface area contributed by atoms with Crippen LogP contribution in [0.25, 0.3) is 0 Å². The highest BCUT2D eigenvalue weighted by Crippen LogP contribution is 2.19. The predicted octanol–water partition coefficient (Wildman–Crippen LogP) is 0.686. The molecule has 0 aromatic carbocycles. The highest BCUT2D eigenvalue weighted by molar-refractivity contribution is 5.78. The molecule has 114 valence electrons. The van der Waals surface area contributed by atoms with Crippen molar-refractivity contribution in [2.45, 2.75) is 38.2 Å². The number of morpholine rings is 1. The van der Waals surface area contributed by atoms with Gasteiger partial charge in [0.25, 0.3) is 0 Å². The van der Waals surface area contributed by atoms with Gasteiger partial charge >= 0.3 is 0 Å². The van der Waals surface area contributed by atoms with Crippen LogP contribution in [0.3, 0.4) is 0 Å². The van der Waals surface area contributed by atoms with Gasteiger partial charge in [0.2, 0.25) is 5.91 Å². The molecule has 0 aromatic heterocycles. The SMILES string of the molecule is O=C(CN1CCOC(CO)C1)NCCC1=CCCCC1. The minimum absolute atomic E-state index is 0.0201. The Kier molecular flexibility index (Phi) is 6.50. The lowest BCUT2D eigenvalue weighted by molar-refractivity contribution is -0.124. The zero-order valence-electron chi connectivity index (χ0n) is 12.1. The summed E-state index contributed by atoms with van der Waals surface area (Å²) < 4.78 is 5.37. The highest BCUT2D eigenvalue weighted by atomic mass is 16.5. The normalized spacial score (nSPS) is 24.2. The fraction of sp³-hybridized carbons (Fsp3) is 0.800. The number of aliphatic hydroxyl groups excluding tert-OH is 1. The van der Waals surface area contributed by atoms with Gasteiger partial charge < -0.3 is 15.2 Å². The first-order chi connectivity index (χ1) is 9.78. The first-order valence-corrected chi connectivity index (χ1v) is 7.67. The summed E-state index contributed by atoms with van der Waals surface area (Å²) in [6.45, 7) is 3.14. The maximum Gasteiger partial charge on any atom is 0.234 e. The Morgan fingerprint density at radius 2 is 2.40 bits per heavy atom. The van der Waals surface area contributed by atoms with Crippen molar-refractivity contribution in [2.75, 3.05) is 39.4 Å². The zero-order valence-corrected chi connectivity index (χ0v) is 12.1. The fourth-order valence-corrected chi connectivity index (χ4v) is 2.79. The topological polar surface area (TPSA) is 61.8 Å². The molecule has 0 aromatic rings. The first kappa shape index (κ1) is 15.5. The van der Waals surface area contributed by atoms with Crippen LogP contribution < -0.4 is 5.32 Å². The summed E-state index contributed by atoms with van der Waals surface area (Å²) in [5.41, 5.74) is 1.49. The van der Waals surface area contributed by atoms with Gasteiger partial charge in [-0.2, -0.15) is 0 Å². The summed E-state index contributed by atoms with van der Waals surface area (Å²) in [6, 6.07) is 0. The fourth-order valence-electron chi connectivity index (χ4n) is 2.79. The largest absolute Gasteiger partial charge is 0.394 e. The third-order valence-electron chi connectivity index (χ3n) is 3.95. The van der Waals surface area contributed by atoms with Crippen molar-refractivity contribution >= 4 is 5.91 Å². The molecule has 2 aliphatic rings. The Balaban J connectivity index is 1.61. The van der Waals surface area contributed by atoms with Gasteiger partial charge in [0, 0.05) is 19.6 Å². The maximum absolute atomic E-state index is 11.9. The average Bonchev–Trinajstić information content (AvgIpc) is 2.48. The van der Waals surface area contributed by atoms with Crippen molar-refractivity contribution in [3.63, 3.8) is 0 Å². The Bertz CT molecular complexity index is 344. The van der Waals surface area contributed by atoms with E-state index in [4.69, 9.17) is 9.84 Å². The van der Waals surface area contributed by atoms with E-state index in [1.165, 1.54) is 31.3 Å². The van der Waals surface area contributed by atoms with Crippen LogP contribution >= 0.6 is 0 Å². The third-order valence-corrected chi connectivity index (χ3v) is 3.95. The van der Waals surface area contributed by atoms with Crippen LogP contribution in [0.4, 0.5) is 0 Å². The van der Waals surface area contributed by atoms with E-state index in [9.17, 15) is 4.79 Å². The number of rotatable bonds is 6. The number of hydrogen-bond donors (Lipinski definition) is 2. The minimum atomic E-state index is -0.149. The Morgan fingerprint density at radius 1 is 1.50 bits per heavy atom. The molecule has 1 unspecified atom stereocenters. The molecule has 1 atom stereocenters. The second-order valence-electron chi connectivity index (χ2n) is 5.62. The van der Waals surface area contributed by atoms with E-state index in [1.807, 2.05) is 4.90 Å². The molecule has 1 saturated heterocycles. The number of carbonyl (C=O) groups excluding carboxylic acids is 1. The number of allylic oxidation sites excluding steroid dienone is 1. The summed E-state index contributed by atoms with van der Waals surface area (Å²) in [5, 5.41) is 12.1. The van der Waals surface area contributed by atoms with E-state index in [1.54, 1.807) is 0 Å². The standard InChI is InChI=1S/C15H26N2O3/c18-12-14-10-17(8-9-20-14)11-15(19)16-7-6-13-4-2-1-3-5-13/h4,14,18H,1-3,5-12H2,(H,16,19). The summed E-state index contributed by atoms with van der Waals surface area (Å²) in [5.74, 6) is 0.0694. The molecular weight excluding hydrogens is 256 g/mol. The van der Waals surface area contributed by atoms with E-state index in [-0.39, 0.29) is 18.6 Å². The van der Waals surface area contributed by atoms with Crippen LogP contribution in [-0.4, -0.2) is 61.4 Å². The molecule has 1 aliphatic carbocycles. The van der Waals surface area contributed by atoms with E-state index < -0.39 is 0 Å². The number of carbonyl (C=O) groups is 1. The predicted molar refractivity (Wildman–Crippen MR) is 77.4 cm³/mol. The van der Waals surface area contributed by atoms with Crippen molar-refractivity contribution in [3.8, 4) is 0 Å². The van der Waals surface area contributed by atoms with E-state index in [0.717, 1.165) is 19.5 Å².